The van der Waals surface area contributed by atoms with Crippen LogP contribution in [0, 0.1) is 10.8 Å². The number of nitrogens with one attached hydrogen (secondary N) is 3. The van der Waals surface area contributed by atoms with Gasteiger partial charge in [0.1, 0.15) is 30.0 Å². The second kappa shape index (κ2) is 12.0. The first-order valence-corrected chi connectivity index (χ1v) is 13.4. The van der Waals surface area contributed by atoms with Crippen molar-refractivity contribution in [3.63, 3.8) is 0 Å². The van der Waals surface area contributed by atoms with E-state index in [2.05, 4.69) is 9.62 Å². The quantitative estimate of drug-likeness (QED) is 0.276. The van der Waals surface area contributed by atoms with Crippen LogP contribution >= 0.6 is 0 Å². The third-order valence-corrected chi connectivity index (χ3v) is 7.40. The van der Waals surface area contributed by atoms with Gasteiger partial charge >= 0.3 is 0 Å². The van der Waals surface area contributed by atoms with Crippen LogP contribution in [0.3, 0.4) is 0 Å². The summed E-state index contributed by atoms with van der Waals surface area (Å²) < 4.78 is 39.2. The largest absolute Gasteiger partial charge is 0.492 e. The number of likely N-dealkylation sites (tertiary alicyclic amines) is 1. The summed E-state index contributed by atoms with van der Waals surface area (Å²) in [7, 11) is -3.43. The maximum Gasteiger partial charge on any atom is 0.211 e. The van der Waals surface area contributed by atoms with Crippen LogP contribution in [-0.2, 0) is 16.4 Å². The van der Waals surface area contributed by atoms with Gasteiger partial charge in [-0.25, -0.2) is 13.1 Å². The van der Waals surface area contributed by atoms with Crippen LogP contribution in [0.15, 0.2) is 48.5 Å². The Labute approximate surface area is 207 Å². The lowest BCUT2D eigenvalue weighted by Crippen LogP contribution is -2.41. The van der Waals surface area contributed by atoms with Crippen molar-refractivity contribution in [2.45, 2.75) is 45.3 Å². The number of nitrogens with zero attached hydrogens (tertiary/aromatic N) is 1. The van der Waals surface area contributed by atoms with E-state index in [1.807, 2.05) is 31.2 Å². The Bertz CT molecular complexity index is 1110. The third kappa shape index (κ3) is 8.25. The fourth-order valence-electron chi connectivity index (χ4n) is 3.91. The number of amidine groups is 2. The topological polar surface area (TPSA) is 142 Å². The van der Waals surface area contributed by atoms with Gasteiger partial charge in [0, 0.05) is 31.5 Å². The van der Waals surface area contributed by atoms with Crippen LogP contribution in [0.1, 0.15) is 37.8 Å². The molecule has 0 unspecified atom stereocenters. The molecule has 0 bridgehead atoms. The summed E-state index contributed by atoms with van der Waals surface area (Å²) in [5, 5.41) is 15.3. The highest BCUT2D eigenvalue weighted by Crippen LogP contribution is 2.21. The monoisotopic (exact) mass is 501 g/mol. The molecule has 190 valence electrons. The highest BCUT2D eigenvalue weighted by Gasteiger charge is 2.21. The van der Waals surface area contributed by atoms with E-state index >= 15 is 0 Å². The van der Waals surface area contributed by atoms with E-state index in [4.69, 9.17) is 26.0 Å². The zero-order valence-electron chi connectivity index (χ0n) is 20.3. The molecule has 0 radical (unpaired) electrons. The fourth-order valence-corrected chi connectivity index (χ4v) is 4.74. The van der Waals surface area contributed by atoms with E-state index in [-0.39, 0.29) is 24.3 Å². The van der Waals surface area contributed by atoms with Gasteiger partial charge in [0.25, 0.3) is 0 Å². The van der Waals surface area contributed by atoms with Gasteiger partial charge in [-0.05, 0) is 50.1 Å². The Morgan fingerprint density at radius 3 is 2.43 bits per heavy atom. The Morgan fingerprint density at radius 2 is 1.83 bits per heavy atom. The maximum absolute atomic E-state index is 12.2. The van der Waals surface area contributed by atoms with Crippen molar-refractivity contribution in [2.24, 2.45) is 5.73 Å². The van der Waals surface area contributed by atoms with Gasteiger partial charge in [-0.2, -0.15) is 0 Å². The number of nitrogen functional groups attached to an aromatic ring is 1. The zero-order chi connectivity index (χ0) is 25.4. The molecule has 1 fully saturated rings. The van der Waals surface area contributed by atoms with Crippen molar-refractivity contribution >= 4 is 21.7 Å². The van der Waals surface area contributed by atoms with Gasteiger partial charge < -0.3 is 20.1 Å². The number of piperidine rings is 1. The first kappa shape index (κ1) is 26.5. The smallest absolute Gasteiger partial charge is 0.211 e. The predicted octanol–water partition coefficient (Wildman–Crippen LogP) is 2.74. The summed E-state index contributed by atoms with van der Waals surface area (Å²) in [4.78, 5) is 2.05. The molecule has 2 aromatic rings. The molecular formula is C25H35N5O4S. The van der Waals surface area contributed by atoms with Gasteiger partial charge in [-0.15, -0.1) is 0 Å². The number of sulfonamides is 1. The molecule has 1 heterocycles. The molecule has 0 saturated carbocycles. The number of nitrogens with two attached hydrogens (primary N) is 1. The molecule has 2 aromatic carbocycles. The molecule has 0 aromatic heterocycles. The molecule has 9 nitrogen and oxygen atoms in total. The van der Waals surface area contributed by atoms with Crippen molar-refractivity contribution < 1.29 is 17.9 Å². The van der Waals surface area contributed by atoms with E-state index in [0.717, 1.165) is 37.2 Å². The second-order valence-corrected chi connectivity index (χ2v) is 10.8. The lowest BCUT2D eigenvalue weighted by molar-refractivity contribution is 0.130. The molecule has 3 rings (SSSR count). The number of hydrogen-bond acceptors (Lipinski definition) is 6. The molecule has 1 atom stereocenters. The minimum absolute atomic E-state index is 0.0214. The summed E-state index contributed by atoms with van der Waals surface area (Å²) in [6.45, 7) is 5.18. The molecule has 0 amide bonds. The average molecular weight is 502 g/mol. The van der Waals surface area contributed by atoms with Crippen molar-refractivity contribution in [2.75, 3.05) is 25.4 Å². The lowest BCUT2D eigenvalue weighted by atomic mass is 10.1. The van der Waals surface area contributed by atoms with Gasteiger partial charge in [-0.3, -0.25) is 10.8 Å². The van der Waals surface area contributed by atoms with Gasteiger partial charge in [0.15, 0.2) is 0 Å². The van der Waals surface area contributed by atoms with Crippen molar-refractivity contribution in [1.29, 1.82) is 10.8 Å². The molecule has 1 aliphatic rings. The first-order chi connectivity index (χ1) is 16.6. The fraction of sp³-hybridized carbons (Fsp3) is 0.440. The van der Waals surface area contributed by atoms with Crippen LogP contribution < -0.4 is 19.9 Å². The molecule has 1 aliphatic heterocycles. The van der Waals surface area contributed by atoms with Crippen molar-refractivity contribution in [3.05, 3.63) is 59.7 Å². The molecule has 0 aliphatic carbocycles. The van der Waals surface area contributed by atoms with Crippen LogP contribution in [-0.4, -0.2) is 62.6 Å². The second-order valence-electron chi connectivity index (χ2n) is 8.71. The zero-order valence-corrected chi connectivity index (χ0v) is 21.1. The van der Waals surface area contributed by atoms with E-state index in [1.165, 1.54) is 0 Å². The number of rotatable bonds is 11. The SMILES string of the molecule is CCS(=O)(=O)N[C@H](COc1cccc(C(=N)N)c1)Cc1ccc(OC2CCN(C(C)=N)CC2)cc1. The van der Waals surface area contributed by atoms with Gasteiger partial charge in [0.2, 0.25) is 10.0 Å². The normalized spacial score (nSPS) is 15.4. The number of ether oxygens (including phenoxy) is 2. The molecule has 1 saturated heterocycles. The molecular weight excluding hydrogens is 466 g/mol. The summed E-state index contributed by atoms with van der Waals surface area (Å²) >= 11 is 0. The molecule has 5 N–H and O–H groups in total. The number of benzene rings is 2. The van der Waals surface area contributed by atoms with Gasteiger partial charge in [0.05, 0.1) is 17.6 Å². The summed E-state index contributed by atoms with van der Waals surface area (Å²) in [6.07, 6.45) is 2.32. The Balaban J connectivity index is 1.61. The van der Waals surface area contributed by atoms with E-state index < -0.39 is 16.1 Å². The number of hydrogen-bond donors (Lipinski definition) is 4. The standard InChI is InChI=1S/C25H35N5O4S/c1-3-35(31,32)29-21(17-33-24-6-4-5-20(16-24)25(27)28)15-19-7-9-22(10-8-19)34-23-11-13-30(14-12-23)18(2)26/h4-10,16,21,23,26,29H,3,11-15,17H2,1-2H3,(H3,27,28)/t21-/m0/s1. The molecule has 0 spiro atoms. The van der Waals surface area contributed by atoms with Crippen LogP contribution in [0.4, 0.5) is 0 Å². The summed E-state index contributed by atoms with van der Waals surface area (Å²) in [6, 6.07) is 14.1. The van der Waals surface area contributed by atoms with Crippen LogP contribution in [0.5, 0.6) is 11.5 Å². The highest BCUT2D eigenvalue weighted by molar-refractivity contribution is 7.89. The Kier molecular flexibility index (Phi) is 9.11. The van der Waals surface area contributed by atoms with Crippen molar-refractivity contribution in [1.82, 2.24) is 9.62 Å². The molecule has 10 heteroatoms. The van der Waals surface area contributed by atoms with Crippen LogP contribution in [0.25, 0.3) is 0 Å². The van der Waals surface area contributed by atoms with Crippen molar-refractivity contribution in [3.8, 4) is 11.5 Å². The minimum Gasteiger partial charge on any atom is -0.492 e. The average Bonchev–Trinajstić information content (AvgIpc) is 2.84. The van der Waals surface area contributed by atoms with E-state index in [0.29, 0.717) is 23.6 Å². The Morgan fingerprint density at radius 1 is 1.14 bits per heavy atom. The lowest BCUT2D eigenvalue weighted by Gasteiger charge is -2.32. The van der Waals surface area contributed by atoms with Gasteiger partial charge in [-0.1, -0.05) is 24.3 Å². The summed E-state index contributed by atoms with van der Waals surface area (Å²) in [5.41, 5.74) is 7.05. The summed E-state index contributed by atoms with van der Waals surface area (Å²) in [5.74, 6) is 1.81. The van der Waals surface area contributed by atoms with E-state index in [9.17, 15) is 8.42 Å². The third-order valence-electron chi connectivity index (χ3n) is 5.95. The Hall–Kier alpha value is -3.11. The van der Waals surface area contributed by atoms with Crippen LogP contribution in [0.2, 0.25) is 0 Å². The highest BCUT2D eigenvalue weighted by atomic mass is 32.2. The first-order valence-electron chi connectivity index (χ1n) is 11.8. The van der Waals surface area contributed by atoms with E-state index in [1.54, 1.807) is 31.2 Å². The maximum atomic E-state index is 12.2. The predicted molar refractivity (Wildman–Crippen MR) is 138 cm³/mol. The molecule has 35 heavy (non-hydrogen) atoms. The minimum atomic E-state index is -3.43.